The molecule has 0 aromatic carbocycles. The zero-order chi connectivity index (χ0) is 7.70. The lowest BCUT2D eigenvalue weighted by atomic mass is 11.2. The van der Waals surface area contributed by atoms with Crippen molar-refractivity contribution in [3.05, 3.63) is 21.1 Å². The molecule has 0 radical (unpaired) electrons. The number of hydrogen-bond acceptors (Lipinski definition) is 0. The topological polar surface area (TPSA) is 0 Å². The molecule has 5 heteroatoms. The van der Waals surface area contributed by atoms with Gasteiger partial charge in [0.2, 0.25) is 0 Å². The predicted molar refractivity (Wildman–Crippen MR) is 46.5 cm³/mol. The van der Waals surface area contributed by atoms with E-state index in [0.717, 1.165) is 5.54 Å². The predicted octanol–water partition coefficient (Wildman–Crippen LogP) is 4.44. The maximum Gasteiger partial charge on any atom is 0.118 e. The summed E-state index contributed by atoms with van der Waals surface area (Å²) < 4.78 is 0.0895. The quantitative estimate of drug-likeness (QED) is 0.575. The summed E-state index contributed by atoms with van der Waals surface area (Å²) in [6.07, 6.45) is 0. The molecule has 0 nitrogen and oxygen atoms in total. The minimum atomic E-state index is 0.0895. The van der Waals surface area contributed by atoms with Crippen molar-refractivity contribution in [2.24, 2.45) is 0 Å². The molecule has 54 valence electrons. The Hall–Kier alpha value is 0.930. The van der Waals surface area contributed by atoms with Gasteiger partial charge in [-0.2, -0.15) is 0 Å². The van der Waals surface area contributed by atoms with Crippen LogP contribution in [-0.4, -0.2) is 0 Å². The molecule has 0 fully saturated rings. The highest BCUT2D eigenvalue weighted by molar-refractivity contribution is 6.58. The molecule has 9 heavy (non-hydrogen) atoms. The van der Waals surface area contributed by atoms with Gasteiger partial charge in [0.15, 0.2) is 0 Å². The summed E-state index contributed by atoms with van der Waals surface area (Å²) in [6, 6.07) is 0. The van der Waals surface area contributed by atoms with E-state index in [-0.39, 0.29) is 4.49 Å². The van der Waals surface area contributed by atoms with Crippen molar-refractivity contribution < 1.29 is 0 Å². The Morgan fingerprint density at radius 1 is 0.889 bits per heavy atom. The summed E-state index contributed by atoms with van der Waals surface area (Å²) in [7, 11) is 0. The Morgan fingerprint density at radius 3 is 1.11 bits per heavy atom. The van der Waals surface area contributed by atoms with Gasteiger partial charge in [-0.1, -0.05) is 58.0 Å². The molecular weight excluding hydrogens is 225 g/mol. The third-order valence-corrected chi connectivity index (χ3v) is 1.17. The molecule has 0 aromatic heterocycles. The van der Waals surface area contributed by atoms with Crippen molar-refractivity contribution in [2.75, 3.05) is 0 Å². The van der Waals surface area contributed by atoms with Gasteiger partial charge in [-0.25, -0.2) is 0 Å². The summed E-state index contributed by atoms with van der Waals surface area (Å²) in [5.41, 5.74) is 3.56. The summed E-state index contributed by atoms with van der Waals surface area (Å²) in [4.78, 5) is 0. The monoisotopic (exact) mass is 226 g/mol. The van der Waals surface area contributed by atoms with Gasteiger partial charge in [-0.05, 0) is 0 Å². The molecule has 0 saturated carbocycles. The average molecular weight is 228 g/mol. The van der Waals surface area contributed by atoms with Gasteiger partial charge in [0, 0.05) is 16.6 Å². The van der Waals surface area contributed by atoms with Crippen LogP contribution in [0.2, 0.25) is 0 Å². The lowest BCUT2D eigenvalue weighted by Crippen LogP contribution is -1.33. The largest absolute Gasteiger partial charge is 0.118 e. The first-order chi connectivity index (χ1) is 4.18. The first-order valence-corrected chi connectivity index (χ1v) is 3.72. The maximum atomic E-state index is 4.96. The van der Waals surface area contributed by atoms with Crippen molar-refractivity contribution in [2.45, 2.75) is 0 Å². The van der Waals surface area contributed by atoms with E-state index in [9.17, 15) is 0 Å². The minimum absolute atomic E-state index is 0.0895. The maximum absolute atomic E-state index is 4.96. The third-order valence-electron chi connectivity index (χ3n) is 0.130. The van der Waals surface area contributed by atoms with Crippen molar-refractivity contribution in [1.29, 1.82) is 0 Å². The Kier molecular flexibility index (Phi) is 16.4. The van der Waals surface area contributed by atoms with Crippen LogP contribution in [0, 0.1) is 0 Å². The number of rotatable bonds is 0. The Balaban J connectivity index is 0. The standard InChI is InChI=1S/C2HCl3.C2H2Cl2/c3-1-2(4)5;3-1-2-4/h1H;1-2H/b;2-1-. The van der Waals surface area contributed by atoms with Crippen LogP contribution in [0.25, 0.3) is 0 Å². The molecule has 0 heterocycles. The molecule has 0 atom stereocenters. The van der Waals surface area contributed by atoms with Crippen molar-refractivity contribution in [1.82, 2.24) is 0 Å². The Bertz CT molecular complexity index is 87.1. The highest BCUT2D eigenvalue weighted by Crippen LogP contribution is 2.05. The number of halogens is 5. The fraction of sp³-hybridized carbons (Fsp3) is 0. The molecular formula is C4H3Cl5. The van der Waals surface area contributed by atoms with Crippen LogP contribution in [0.3, 0.4) is 0 Å². The normalized spacial score (nSPS) is 8.11. The zero-order valence-electron chi connectivity index (χ0n) is 4.12. The van der Waals surface area contributed by atoms with Crippen LogP contribution in [0.15, 0.2) is 21.1 Å². The molecule has 0 N–H and O–H groups in total. The fourth-order valence-electron chi connectivity index (χ4n) is 0. The van der Waals surface area contributed by atoms with Gasteiger partial charge in [0.05, 0.1) is 0 Å². The van der Waals surface area contributed by atoms with E-state index in [0.29, 0.717) is 0 Å². The first kappa shape index (κ1) is 12.6. The van der Waals surface area contributed by atoms with E-state index in [1.165, 1.54) is 11.1 Å². The van der Waals surface area contributed by atoms with E-state index in [1.807, 2.05) is 0 Å². The second-order valence-corrected chi connectivity index (χ2v) is 2.38. The van der Waals surface area contributed by atoms with Crippen LogP contribution < -0.4 is 0 Å². The molecule has 0 bridgehead atoms. The second kappa shape index (κ2) is 11.7. The lowest BCUT2D eigenvalue weighted by Gasteiger charge is -1.64. The zero-order valence-corrected chi connectivity index (χ0v) is 7.90. The average Bonchev–Trinajstić information content (AvgIpc) is 1.89. The summed E-state index contributed by atoms with van der Waals surface area (Å²) in [6.45, 7) is 0. The fourth-order valence-corrected chi connectivity index (χ4v) is 0. The van der Waals surface area contributed by atoms with Crippen LogP contribution in [0.1, 0.15) is 0 Å². The Labute approximate surface area is 79.0 Å². The van der Waals surface area contributed by atoms with Gasteiger partial charge in [-0.3, -0.25) is 0 Å². The van der Waals surface area contributed by atoms with Crippen LogP contribution >= 0.6 is 58.0 Å². The summed E-state index contributed by atoms with van der Waals surface area (Å²) >= 11 is 24.6. The molecule has 0 saturated heterocycles. The van der Waals surface area contributed by atoms with E-state index < -0.39 is 0 Å². The van der Waals surface area contributed by atoms with Crippen LogP contribution in [0.4, 0.5) is 0 Å². The minimum Gasteiger partial charge on any atom is -0.0920 e. The first-order valence-electron chi connectivity index (χ1n) is 1.65. The van der Waals surface area contributed by atoms with E-state index >= 15 is 0 Å². The van der Waals surface area contributed by atoms with Gasteiger partial charge < -0.3 is 0 Å². The molecule has 0 aliphatic rings. The van der Waals surface area contributed by atoms with Crippen LogP contribution in [-0.2, 0) is 0 Å². The highest BCUT2D eigenvalue weighted by Gasteiger charge is 1.70. The number of hydrogen-bond donors (Lipinski definition) is 0. The molecule has 0 rings (SSSR count). The van der Waals surface area contributed by atoms with E-state index in [4.69, 9.17) is 58.0 Å². The molecule has 0 aliphatic heterocycles. The molecule has 0 amide bonds. The van der Waals surface area contributed by atoms with Crippen molar-refractivity contribution >= 4 is 58.0 Å². The molecule has 0 aromatic rings. The van der Waals surface area contributed by atoms with Crippen LogP contribution in [0.5, 0.6) is 0 Å². The van der Waals surface area contributed by atoms with Crippen molar-refractivity contribution in [3.8, 4) is 0 Å². The second-order valence-electron chi connectivity index (χ2n) is 0.651. The summed E-state index contributed by atoms with van der Waals surface area (Å²) in [5, 5.41) is 0. The SMILES string of the molecule is Cl/C=C\Cl.ClC=C(Cl)Cl. The van der Waals surface area contributed by atoms with Crippen molar-refractivity contribution in [3.63, 3.8) is 0 Å². The van der Waals surface area contributed by atoms with E-state index in [2.05, 4.69) is 0 Å². The summed E-state index contributed by atoms with van der Waals surface area (Å²) in [5.74, 6) is 0. The van der Waals surface area contributed by atoms with Gasteiger partial charge in [0.1, 0.15) is 4.49 Å². The van der Waals surface area contributed by atoms with Gasteiger partial charge >= 0.3 is 0 Å². The molecule has 0 spiro atoms. The lowest BCUT2D eigenvalue weighted by molar-refractivity contribution is 2.36. The smallest absolute Gasteiger partial charge is 0.0920 e. The Morgan fingerprint density at radius 2 is 1.11 bits per heavy atom. The third kappa shape index (κ3) is 27.8. The van der Waals surface area contributed by atoms with Gasteiger partial charge in [-0.15, -0.1) is 0 Å². The molecule has 0 aliphatic carbocycles. The van der Waals surface area contributed by atoms with Gasteiger partial charge in [0.25, 0.3) is 0 Å². The molecule has 0 unspecified atom stereocenters. The highest BCUT2D eigenvalue weighted by atomic mass is 35.5. The van der Waals surface area contributed by atoms with E-state index in [1.54, 1.807) is 0 Å².